The van der Waals surface area contributed by atoms with Gasteiger partial charge in [0.2, 0.25) is 0 Å². The number of fused-ring (bicyclic) bond motifs is 1. The van der Waals surface area contributed by atoms with Gasteiger partial charge in [-0.15, -0.1) is 0 Å². The molecule has 0 radical (unpaired) electrons. The van der Waals surface area contributed by atoms with Crippen molar-refractivity contribution in [1.29, 1.82) is 0 Å². The largest absolute Gasteiger partial charge is 0.381 e. The Morgan fingerprint density at radius 2 is 1.79 bits per heavy atom. The van der Waals surface area contributed by atoms with Gasteiger partial charge in [0.15, 0.2) is 0 Å². The van der Waals surface area contributed by atoms with E-state index in [1.807, 2.05) is 36.4 Å². The van der Waals surface area contributed by atoms with Crippen LogP contribution in [0.2, 0.25) is 0 Å². The summed E-state index contributed by atoms with van der Waals surface area (Å²) >= 11 is 0. The second-order valence-corrected chi connectivity index (χ2v) is 7.66. The Kier molecular flexibility index (Phi) is 4.77. The molecule has 0 atom stereocenters. The summed E-state index contributed by atoms with van der Waals surface area (Å²) in [7, 11) is 1.94. The van der Waals surface area contributed by atoms with Crippen molar-refractivity contribution < 1.29 is 4.74 Å². The van der Waals surface area contributed by atoms with Gasteiger partial charge in [0.1, 0.15) is 11.5 Å². The molecule has 1 saturated heterocycles. The van der Waals surface area contributed by atoms with Crippen molar-refractivity contribution in [2.75, 3.05) is 25.1 Å². The first-order chi connectivity index (χ1) is 14.3. The van der Waals surface area contributed by atoms with Crippen molar-refractivity contribution in [1.82, 2.24) is 19.2 Å². The lowest BCUT2D eigenvalue weighted by Crippen LogP contribution is -2.23. The number of imidazole rings is 1. The number of rotatable bonds is 5. The molecule has 0 spiro atoms. The zero-order valence-electron chi connectivity index (χ0n) is 16.6. The molecule has 1 N–H and O–H groups in total. The summed E-state index contributed by atoms with van der Waals surface area (Å²) in [5.74, 6) is 1.74. The average molecular weight is 387 g/mol. The van der Waals surface area contributed by atoms with Gasteiger partial charge in [-0.2, -0.15) is 5.10 Å². The maximum atomic E-state index is 5.48. The van der Waals surface area contributed by atoms with Gasteiger partial charge in [0.25, 0.3) is 0 Å². The van der Waals surface area contributed by atoms with Crippen LogP contribution >= 0.6 is 0 Å². The van der Waals surface area contributed by atoms with Crippen LogP contribution in [0.1, 0.15) is 12.8 Å². The number of hydrogen-bond acceptors (Lipinski definition) is 4. The molecule has 148 valence electrons. The molecule has 0 saturated carbocycles. The van der Waals surface area contributed by atoms with Gasteiger partial charge in [-0.05, 0) is 36.5 Å². The minimum absolute atomic E-state index is 0.657. The summed E-state index contributed by atoms with van der Waals surface area (Å²) in [4.78, 5) is 4.62. The van der Waals surface area contributed by atoms with Crippen LogP contribution in [0.15, 0.2) is 61.1 Å². The first-order valence-corrected chi connectivity index (χ1v) is 10.2. The van der Waals surface area contributed by atoms with Crippen LogP contribution in [-0.4, -0.2) is 38.9 Å². The van der Waals surface area contributed by atoms with Crippen molar-refractivity contribution in [2.45, 2.75) is 12.8 Å². The number of pyridine rings is 1. The maximum Gasteiger partial charge on any atom is 0.138 e. The number of benzene rings is 1. The molecule has 6 heteroatoms. The number of ether oxygens (including phenoxy) is 1. The number of aryl methyl sites for hydroxylation is 1. The topological polar surface area (TPSA) is 56.4 Å². The Morgan fingerprint density at radius 1 is 1.00 bits per heavy atom. The average Bonchev–Trinajstić information content (AvgIpc) is 3.40. The number of hydrogen-bond donors (Lipinski definition) is 1. The Bertz CT molecular complexity index is 1110. The van der Waals surface area contributed by atoms with Gasteiger partial charge in [-0.25, -0.2) is 4.98 Å². The summed E-state index contributed by atoms with van der Waals surface area (Å²) in [6.45, 7) is 2.70. The Labute approximate surface area is 170 Å². The van der Waals surface area contributed by atoms with Crippen molar-refractivity contribution in [2.24, 2.45) is 13.0 Å². The highest BCUT2D eigenvalue weighted by atomic mass is 16.5. The third kappa shape index (κ3) is 3.63. The molecule has 29 heavy (non-hydrogen) atoms. The highest BCUT2D eigenvalue weighted by Crippen LogP contribution is 2.28. The maximum absolute atomic E-state index is 5.48. The summed E-state index contributed by atoms with van der Waals surface area (Å²) in [5.41, 5.74) is 5.47. The molecule has 0 amide bonds. The molecule has 5 rings (SSSR count). The van der Waals surface area contributed by atoms with E-state index in [0.29, 0.717) is 5.92 Å². The van der Waals surface area contributed by atoms with Gasteiger partial charge >= 0.3 is 0 Å². The first kappa shape index (κ1) is 17.9. The fourth-order valence-corrected chi connectivity index (χ4v) is 3.98. The number of anilines is 1. The van der Waals surface area contributed by atoms with E-state index in [2.05, 4.69) is 56.2 Å². The van der Waals surface area contributed by atoms with Gasteiger partial charge in [0, 0.05) is 44.1 Å². The highest BCUT2D eigenvalue weighted by molar-refractivity contribution is 5.71. The van der Waals surface area contributed by atoms with Crippen LogP contribution in [0.5, 0.6) is 0 Å². The van der Waals surface area contributed by atoms with Gasteiger partial charge in [-0.1, -0.05) is 30.3 Å². The van der Waals surface area contributed by atoms with E-state index in [1.165, 1.54) is 0 Å². The van der Waals surface area contributed by atoms with E-state index in [-0.39, 0.29) is 0 Å². The minimum atomic E-state index is 0.657. The smallest absolute Gasteiger partial charge is 0.138 e. The van der Waals surface area contributed by atoms with Crippen LogP contribution in [0.25, 0.3) is 28.0 Å². The normalized spacial score (nSPS) is 15.1. The van der Waals surface area contributed by atoms with E-state index in [0.717, 1.165) is 66.4 Å². The van der Waals surface area contributed by atoms with Crippen molar-refractivity contribution in [3.05, 3.63) is 61.1 Å². The van der Waals surface area contributed by atoms with E-state index < -0.39 is 0 Å². The minimum Gasteiger partial charge on any atom is -0.381 e. The van der Waals surface area contributed by atoms with Crippen molar-refractivity contribution >= 4 is 11.5 Å². The highest BCUT2D eigenvalue weighted by Gasteiger charge is 2.15. The third-order valence-corrected chi connectivity index (χ3v) is 5.66. The predicted molar refractivity (Wildman–Crippen MR) is 115 cm³/mol. The molecule has 0 bridgehead atoms. The van der Waals surface area contributed by atoms with Crippen molar-refractivity contribution in [3.8, 4) is 22.4 Å². The number of nitrogens with one attached hydrogen (secondary N) is 1. The molecule has 0 aliphatic carbocycles. The zero-order chi connectivity index (χ0) is 19.6. The summed E-state index contributed by atoms with van der Waals surface area (Å²) in [6, 6.07) is 14.8. The predicted octanol–water partition coefficient (Wildman–Crippen LogP) is 4.24. The lowest BCUT2D eigenvalue weighted by molar-refractivity contribution is 0.0699. The molecular formula is C23H25N5O. The summed E-state index contributed by atoms with van der Waals surface area (Å²) < 4.78 is 9.51. The van der Waals surface area contributed by atoms with Crippen LogP contribution in [0, 0.1) is 5.92 Å². The molecule has 1 fully saturated rings. The lowest BCUT2D eigenvalue weighted by Gasteiger charge is -2.23. The summed E-state index contributed by atoms with van der Waals surface area (Å²) in [5, 5.41) is 7.91. The van der Waals surface area contributed by atoms with Crippen LogP contribution in [0.4, 0.5) is 5.82 Å². The second kappa shape index (κ2) is 7.72. The van der Waals surface area contributed by atoms with E-state index >= 15 is 0 Å². The van der Waals surface area contributed by atoms with Gasteiger partial charge < -0.3 is 10.1 Å². The monoisotopic (exact) mass is 387 g/mol. The molecule has 4 heterocycles. The standard InChI is InChI=1S/C23H25N5O/c1-27-16-20(14-26-27)18-5-7-19(8-6-18)21-15-25-23-4-2-3-22(28(21)23)24-13-17-9-11-29-12-10-17/h2-8,14-17,24H,9-13H2,1H3. The molecular weight excluding hydrogens is 362 g/mol. The molecule has 1 aliphatic heterocycles. The fourth-order valence-electron chi connectivity index (χ4n) is 3.98. The SMILES string of the molecule is Cn1cc(-c2ccc(-c3cnc4cccc(NCC5CCOCC5)n34)cc2)cn1. The van der Waals surface area contributed by atoms with E-state index in [1.54, 1.807) is 0 Å². The lowest BCUT2D eigenvalue weighted by atomic mass is 10.0. The second-order valence-electron chi connectivity index (χ2n) is 7.66. The van der Waals surface area contributed by atoms with Crippen molar-refractivity contribution in [3.63, 3.8) is 0 Å². The first-order valence-electron chi connectivity index (χ1n) is 10.2. The molecule has 3 aromatic heterocycles. The number of nitrogens with zero attached hydrogens (tertiary/aromatic N) is 4. The van der Waals surface area contributed by atoms with Gasteiger partial charge in [-0.3, -0.25) is 9.08 Å². The zero-order valence-corrected chi connectivity index (χ0v) is 16.6. The van der Waals surface area contributed by atoms with Crippen LogP contribution in [0.3, 0.4) is 0 Å². The van der Waals surface area contributed by atoms with Gasteiger partial charge in [0.05, 0.1) is 18.1 Å². The van der Waals surface area contributed by atoms with Crippen LogP contribution < -0.4 is 5.32 Å². The third-order valence-electron chi connectivity index (χ3n) is 5.66. The Balaban J connectivity index is 1.44. The quantitative estimate of drug-likeness (QED) is 0.556. The van der Waals surface area contributed by atoms with Crippen LogP contribution in [-0.2, 0) is 11.8 Å². The molecule has 6 nitrogen and oxygen atoms in total. The van der Waals surface area contributed by atoms with E-state index in [4.69, 9.17) is 4.74 Å². The molecule has 4 aromatic rings. The molecule has 1 aliphatic rings. The fraction of sp³-hybridized carbons (Fsp3) is 0.304. The Hall–Kier alpha value is -3.12. The van der Waals surface area contributed by atoms with E-state index in [9.17, 15) is 0 Å². The molecule has 1 aromatic carbocycles. The Morgan fingerprint density at radius 3 is 2.55 bits per heavy atom. The summed E-state index contributed by atoms with van der Waals surface area (Å²) in [6.07, 6.45) is 8.11. The molecule has 0 unspecified atom stereocenters. The number of aromatic nitrogens is 4.